The molecule has 2 fully saturated rings. The third-order valence-electron chi connectivity index (χ3n) is 6.67. The molecular formula is C25H24F3N7O2. The van der Waals surface area contributed by atoms with Crippen LogP contribution in [-0.2, 0) is 9.53 Å². The van der Waals surface area contributed by atoms with Gasteiger partial charge in [0.15, 0.2) is 11.5 Å². The maximum absolute atomic E-state index is 13.7. The number of anilines is 2. The first-order valence-corrected chi connectivity index (χ1v) is 12.1. The van der Waals surface area contributed by atoms with E-state index < -0.39 is 30.1 Å². The number of hydrogen-bond acceptors (Lipinski definition) is 7. The van der Waals surface area contributed by atoms with E-state index >= 15 is 0 Å². The molecule has 5 heterocycles. The second-order valence-electron chi connectivity index (χ2n) is 9.57. The second kappa shape index (κ2) is 9.25. The van der Waals surface area contributed by atoms with Gasteiger partial charge < -0.3 is 15.0 Å². The molecule has 3 atom stereocenters. The summed E-state index contributed by atoms with van der Waals surface area (Å²) in [5, 5.41) is 7.66. The predicted molar refractivity (Wildman–Crippen MR) is 130 cm³/mol. The number of amides is 1. The lowest BCUT2D eigenvalue weighted by Gasteiger charge is -2.23. The Kier molecular flexibility index (Phi) is 5.90. The summed E-state index contributed by atoms with van der Waals surface area (Å²) in [4.78, 5) is 27.1. The van der Waals surface area contributed by atoms with Crippen molar-refractivity contribution in [1.82, 2.24) is 24.6 Å². The Morgan fingerprint density at radius 2 is 2.05 bits per heavy atom. The van der Waals surface area contributed by atoms with Crippen LogP contribution in [0, 0.1) is 11.8 Å². The van der Waals surface area contributed by atoms with E-state index in [0.717, 1.165) is 18.8 Å². The van der Waals surface area contributed by atoms with Crippen LogP contribution >= 0.6 is 0 Å². The van der Waals surface area contributed by atoms with Gasteiger partial charge in [-0.25, -0.2) is 27.7 Å². The Bertz CT molecular complexity index is 1490. The van der Waals surface area contributed by atoms with Gasteiger partial charge in [-0.3, -0.25) is 9.78 Å². The lowest BCUT2D eigenvalue weighted by Crippen LogP contribution is -2.29. The number of pyridine rings is 3. The molecule has 37 heavy (non-hydrogen) atoms. The highest BCUT2D eigenvalue weighted by molar-refractivity contribution is 6.00. The summed E-state index contributed by atoms with van der Waals surface area (Å²) >= 11 is 0. The standard InChI is InChI=1S/C25H24F3N7O2/c1-13-10-34(4-5-37-12-13)14-2-3-21-32-24(33-35(21)11-14)18-9-30-22(23(27)28)17-8-29-20(7-15(17)18)31-25(36)16-6-19(16)26/h2-3,7-9,11,13,16,19,23H,4-6,10,12H2,1H3,(H,29,31,36)/t13-,16+,19-/m0/s1. The van der Waals surface area contributed by atoms with Crippen LogP contribution in [0.1, 0.15) is 25.5 Å². The van der Waals surface area contributed by atoms with Crippen molar-refractivity contribution in [3.8, 4) is 11.4 Å². The van der Waals surface area contributed by atoms with Crippen LogP contribution in [0.25, 0.3) is 27.8 Å². The van der Waals surface area contributed by atoms with Gasteiger partial charge in [-0.05, 0) is 30.5 Å². The fraction of sp³-hybridized carbons (Fsp3) is 0.400. The molecule has 0 aromatic carbocycles. The average Bonchev–Trinajstić information content (AvgIpc) is 3.53. The highest BCUT2D eigenvalue weighted by atomic mass is 19.3. The van der Waals surface area contributed by atoms with E-state index in [2.05, 4.69) is 37.2 Å². The number of fused-ring (bicyclic) bond motifs is 2. The van der Waals surface area contributed by atoms with Crippen LogP contribution in [0.5, 0.6) is 0 Å². The van der Waals surface area contributed by atoms with Crippen molar-refractivity contribution >= 4 is 33.8 Å². The summed E-state index contributed by atoms with van der Waals surface area (Å²) in [7, 11) is 0. The monoisotopic (exact) mass is 511 g/mol. The van der Waals surface area contributed by atoms with E-state index in [4.69, 9.17) is 4.74 Å². The van der Waals surface area contributed by atoms with Gasteiger partial charge in [0.05, 0.1) is 31.0 Å². The van der Waals surface area contributed by atoms with Crippen molar-refractivity contribution < 1.29 is 22.7 Å². The zero-order chi connectivity index (χ0) is 25.7. The third kappa shape index (κ3) is 4.57. The molecular weight excluding hydrogens is 487 g/mol. The first kappa shape index (κ1) is 23.6. The van der Waals surface area contributed by atoms with E-state index in [9.17, 15) is 18.0 Å². The van der Waals surface area contributed by atoms with Crippen LogP contribution in [0.3, 0.4) is 0 Å². The highest BCUT2D eigenvalue weighted by Crippen LogP contribution is 2.36. The van der Waals surface area contributed by atoms with E-state index in [1.165, 1.54) is 18.5 Å². The van der Waals surface area contributed by atoms with Gasteiger partial charge in [-0.2, -0.15) is 0 Å². The summed E-state index contributed by atoms with van der Waals surface area (Å²) in [6, 6.07) is 5.29. The number of ether oxygens (including phenoxy) is 1. The SMILES string of the molecule is C[C@@H]1COCCN(c2ccc3nc(-c4cnc(C(F)F)c5cnc(NC(=O)[C@@H]6C[C@@H]6F)cc45)nn3c2)C1. The maximum Gasteiger partial charge on any atom is 0.281 e. The number of hydrogen-bond donors (Lipinski definition) is 1. The Labute approximate surface area is 209 Å². The van der Waals surface area contributed by atoms with E-state index in [-0.39, 0.29) is 23.4 Å². The largest absolute Gasteiger partial charge is 0.379 e. The van der Waals surface area contributed by atoms with Crippen LogP contribution < -0.4 is 10.2 Å². The quantitative estimate of drug-likeness (QED) is 0.432. The van der Waals surface area contributed by atoms with Crippen molar-refractivity contribution in [3.05, 3.63) is 42.5 Å². The Morgan fingerprint density at radius 3 is 2.84 bits per heavy atom. The molecule has 1 saturated heterocycles. The van der Waals surface area contributed by atoms with Crippen molar-refractivity contribution in [2.75, 3.05) is 36.5 Å². The molecule has 9 nitrogen and oxygen atoms in total. The smallest absolute Gasteiger partial charge is 0.281 e. The number of alkyl halides is 3. The normalized spacial score (nSPS) is 22.0. The van der Waals surface area contributed by atoms with Gasteiger partial charge >= 0.3 is 0 Å². The number of carbonyl (C=O) groups excluding carboxylic acids is 1. The summed E-state index contributed by atoms with van der Waals surface area (Å²) in [6.45, 7) is 5.10. The molecule has 0 bridgehead atoms. The van der Waals surface area contributed by atoms with Gasteiger partial charge in [0, 0.05) is 41.8 Å². The third-order valence-corrected chi connectivity index (χ3v) is 6.67. The minimum atomic E-state index is -2.82. The minimum absolute atomic E-state index is 0.124. The molecule has 4 aromatic heterocycles. The predicted octanol–water partition coefficient (Wildman–Crippen LogP) is 4.05. The number of rotatable bonds is 5. The molecule has 1 saturated carbocycles. The maximum atomic E-state index is 13.7. The Balaban J connectivity index is 1.39. The van der Waals surface area contributed by atoms with Crippen LogP contribution in [0.4, 0.5) is 24.7 Å². The van der Waals surface area contributed by atoms with Gasteiger partial charge in [0.2, 0.25) is 5.91 Å². The number of nitrogens with zero attached hydrogens (tertiary/aromatic N) is 6. The fourth-order valence-electron chi connectivity index (χ4n) is 4.62. The summed E-state index contributed by atoms with van der Waals surface area (Å²) < 4.78 is 48.0. The molecule has 1 amide bonds. The van der Waals surface area contributed by atoms with Gasteiger partial charge in [-0.1, -0.05) is 6.92 Å². The number of nitrogens with one attached hydrogen (secondary N) is 1. The highest BCUT2D eigenvalue weighted by Gasteiger charge is 2.43. The Hall–Kier alpha value is -3.80. The lowest BCUT2D eigenvalue weighted by molar-refractivity contribution is -0.117. The topological polar surface area (TPSA) is 97.5 Å². The molecule has 1 N–H and O–H groups in total. The van der Waals surface area contributed by atoms with Gasteiger partial charge in [-0.15, -0.1) is 5.10 Å². The number of halogens is 3. The Morgan fingerprint density at radius 1 is 1.22 bits per heavy atom. The first-order chi connectivity index (χ1) is 17.9. The molecule has 1 aliphatic heterocycles. The van der Waals surface area contributed by atoms with Crippen molar-refractivity contribution in [3.63, 3.8) is 0 Å². The van der Waals surface area contributed by atoms with Crippen molar-refractivity contribution in [2.45, 2.75) is 25.9 Å². The summed E-state index contributed by atoms with van der Waals surface area (Å²) in [6.07, 6.45) is 0.595. The van der Waals surface area contributed by atoms with Gasteiger partial charge in [0.25, 0.3) is 6.43 Å². The molecule has 1 aliphatic carbocycles. The van der Waals surface area contributed by atoms with E-state index in [0.29, 0.717) is 35.7 Å². The van der Waals surface area contributed by atoms with Gasteiger partial charge in [0.1, 0.15) is 17.7 Å². The minimum Gasteiger partial charge on any atom is -0.379 e. The fourth-order valence-corrected chi connectivity index (χ4v) is 4.62. The first-order valence-electron chi connectivity index (χ1n) is 12.1. The van der Waals surface area contributed by atoms with Crippen molar-refractivity contribution in [1.29, 1.82) is 0 Å². The summed E-state index contributed by atoms with van der Waals surface area (Å²) in [5.41, 5.74) is 1.53. The summed E-state index contributed by atoms with van der Waals surface area (Å²) in [5.74, 6) is -0.394. The number of aromatic nitrogens is 5. The molecule has 0 spiro atoms. The molecule has 4 aromatic rings. The van der Waals surface area contributed by atoms with E-state index in [1.54, 1.807) is 4.52 Å². The molecule has 0 unspecified atom stereocenters. The van der Waals surface area contributed by atoms with Crippen LogP contribution in [0.15, 0.2) is 36.8 Å². The molecule has 12 heteroatoms. The molecule has 192 valence electrons. The zero-order valence-electron chi connectivity index (χ0n) is 19.9. The van der Waals surface area contributed by atoms with Crippen LogP contribution in [0.2, 0.25) is 0 Å². The lowest BCUT2D eigenvalue weighted by atomic mass is 10.1. The zero-order valence-corrected chi connectivity index (χ0v) is 19.9. The molecule has 6 rings (SSSR count). The number of carbonyl (C=O) groups is 1. The van der Waals surface area contributed by atoms with Crippen LogP contribution in [-0.4, -0.2) is 62.9 Å². The second-order valence-corrected chi connectivity index (χ2v) is 9.57. The van der Waals surface area contributed by atoms with Crippen molar-refractivity contribution in [2.24, 2.45) is 11.8 Å². The van der Waals surface area contributed by atoms with E-state index in [1.807, 2.05) is 18.3 Å². The molecule has 0 radical (unpaired) electrons. The molecule has 2 aliphatic rings. The average molecular weight is 512 g/mol.